The lowest BCUT2D eigenvalue weighted by Crippen LogP contribution is -2.39. The first-order valence-corrected chi connectivity index (χ1v) is 6.40. The van der Waals surface area contributed by atoms with Crippen LogP contribution in [0.4, 0.5) is 0 Å². The molecule has 0 spiro atoms. The first-order chi connectivity index (χ1) is 7.57. The Bertz CT molecular complexity index is 356. The Morgan fingerprint density at radius 1 is 1.44 bits per heavy atom. The summed E-state index contributed by atoms with van der Waals surface area (Å²) >= 11 is 1.69. The van der Waals surface area contributed by atoms with Crippen molar-refractivity contribution in [2.75, 3.05) is 6.54 Å². The van der Waals surface area contributed by atoms with Crippen LogP contribution in [0.2, 0.25) is 0 Å². The average molecular weight is 241 g/mol. The SMILES string of the molecule is CCc1ccc(CC(CC)(CN)C(=O)O)s1. The zero-order valence-electron chi connectivity index (χ0n) is 9.82. The van der Waals surface area contributed by atoms with Crippen LogP contribution >= 0.6 is 11.3 Å². The Morgan fingerprint density at radius 3 is 2.44 bits per heavy atom. The van der Waals surface area contributed by atoms with Crippen LogP contribution in [0, 0.1) is 5.41 Å². The fourth-order valence-electron chi connectivity index (χ4n) is 1.70. The van der Waals surface area contributed by atoms with Crippen LogP contribution in [-0.4, -0.2) is 17.6 Å². The van der Waals surface area contributed by atoms with Gasteiger partial charge in [-0.2, -0.15) is 0 Å². The highest BCUT2D eigenvalue weighted by atomic mass is 32.1. The highest BCUT2D eigenvalue weighted by Gasteiger charge is 2.35. The summed E-state index contributed by atoms with van der Waals surface area (Å²) in [6, 6.07) is 4.09. The number of hydrogen-bond donors (Lipinski definition) is 2. The van der Waals surface area contributed by atoms with Crippen LogP contribution in [0.1, 0.15) is 30.0 Å². The number of rotatable bonds is 6. The smallest absolute Gasteiger partial charge is 0.311 e. The number of thiophene rings is 1. The van der Waals surface area contributed by atoms with Gasteiger partial charge in [0.25, 0.3) is 0 Å². The van der Waals surface area contributed by atoms with Gasteiger partial charge in [-0.1, -0.05) is 13.8 Å². The first kappa shape index (κ1) is 13.2. The molecule has 0 fully saturated rings. The van der Waals surface area contributed by atoms with Crippen molar-refractivity contribution in [2.24, 2.45) is 11.1 Å². The van der Waals surface area contributed by atoms with Gasteiger partial charge in [0.2, 0.25) is 0 Å². The van der Waals surface area contributed by atoms with Gasteiger partial charge in [-0.25, -0.2) is 0 Å². The number of carboxylic acid groups (broad SMARTS) is 1. The van der Waals surface area contributed by atoms with Crippen LogP contribution in [0.15, 0.2) is 12.1 Å². The molecule has 0 aliphatic rings. The molecule has 0 aliphatic carbocycles. The largest absolute Gasteiger partial charge is 0.481 e. The van der Waals surface area contributed by atoms with Crippen molar-refractivity contribution in [1.82, 2.24) is 0 Å². The van der Waals surface area contributed by atoms with Crippen molar-refractivity contribution in [3.05, 3.63) is 21.9 Å². The van der Waals surface area contributed by atoms with Crippen LogP contribution < -0.4 is 5.73 Å². The minimum absolute atomic E-state index is 0.193. The van der Waals surface area contributed by atoms with E-state index in [1.54, 1.807) is 11.3 Å². The number of hydrogen-bond acceptors (Lipinski definition) is 3. The number of carboxylic acids is 1. The molecule has 3 nitrogen and oxygen atoms in total. The molecule has 16 heavy (non-hydrogen) atoms. The highest BCUT2D eigenvalue weighted by molar-refractivity contribution is 7.12. The van der Waals surface area contributed by atoms with E-state index in [0.717, 1.165) is 11.3 Å². The van der Waals surface area contributed by atoms with Gasteiger partial charge in [-0.3, -0.25) is 4.79 Å². The second-order valence-electron chi connectivity index (χ2n) is 4.04. The van der Waals surface area contributed by atoms with E-state index >= 15 is 0 Å². The minimum atomic E-state index is -0.796. The van der Waals surface area contributed by atoms with E-state index in [2.05, 4.69) is 13.0 Å². The van der Waals surface area contributed by atoms with Gasteiger partial charge in [0, 0.05) is 16.3 Å². The molecule has 1 atom stereocenters. The Kier molecular flexibility index (Phi) is 4.50. The molecule has 0 saturated carbocycles. The van der Waals surface area contributed by atoms with Crippen LogP contribution in [0.3, 0.4) is 0 Å². The zero-order chi connectivity index (χ0) is 12.2. The lowest BCUT2D eigenvalue weighted by molar-refractivity contribution is -0.148. The van der Waals surface area contributed by atoms with E-state index in [4.69, 9.17) is 5.73 Å². The molecule has 1 rings (SSSR count). The Hall–Kier alpha value is -0.870. The molecule has 1 aromatic rings. The van der Waals surface area contributed by atoms with Crippen molar-refractivity contribution >= 4 is 17.3 Å². The van der Waals surface area contributed by atoms with E-state index in [-0.39, 0.29) is 6.54 Å². The zero-order valence-corrected chi connectivity index (χ0v) is 10.6. The van der Waals surface area contributed by atoms with E-state index in [0.29, 0.717) is 12.8 Å². The second kappa shape index (κ2) is 5.46. The standard InChI is InChI=1S/C12H19NO2S/c1-3-9-5-6-10(16-9)7-12(4-2,8-13)11(14)15/h5-6H,3-4,7-8,13H2,1-2H3,(H,14,15). The van der Waals surface area contributed by atoms with Crippen LogP contribution in [-0.2, 0) is 17.6 Å². The molecule has 0 saturated heterocycles. The third-order valence-electron chi connectivity index (χ3n) is 3.10. The van der Waals surface area contributed by atoms with Crippen molar-refractivity contribution in [2.45, 2.75) is 33.1 Å². The monoisotopic (exact) mass is 241 g/mol. The van der Waals surface area contributed by atoms with Crippen molar-refractivity contribution in [1.29, 1.82) is 0 Å². The van der Waals surface area contributed by atoms with Crippen molar-refractivity contribution in [3.63, 3.8) is 0 Å². The van der Waals surface area contributed by atoms with E-state index in [1.807, 2.05) is 13.0 Å². The maximum Gasteiger partial charge on any atom is 0.311 e. The lowest BCUT2D eigenvalue weighted by atomic mass is 9.81. The molecule has 1 unspecified atom stereocenters. The number of carbonyl (C=O) groups is 1. The van der Waals surface area contributed by atoms with E-state index in [9.17, 15) is 9.90 Å². The molecule has 4 heteroatoms. The quantitative estimate of drug-likeness (QED) is 0.803. The number of aryl methyl sites for hydroxylation is 1. The maximum atomic E-state index is 11.3. The minimum Gasteiger partial charge on any atom is -0.481 e. The molecular weight excluding hydrogens is 222 g/mol. The van der Waals surface area contributed by atoms with Gasteiger partial charge in [0.05, 0.1) is 5.41 Å². The highest BCUT2D eigenvalue weighted by Crippen LogP contribution is 2.30. The van der Waals surface area contributed by atoms with Crippen molar-refractivity contribution in [3.8, 4) is 0 Å². The molecule has 0 aromatic carbocycles. The van der Waals surface area contributed by atoms with Gasteiger partial charge in [-0.15, -0.1) is 11.3 Å². The summed E-state index contributed by atoms with van der Waals surface area (Å²) in [5.41, 5.74) is 4.83. The molecule has 1 aromatic heterocycles. The summed E-state index contributed by atoms with van der Waals surface area (Å²) < 4.78 is 0. The normalized spacial score (nSPS) is 14.7. The topological polar surface area (TPSA) is 63.3 Å². The lowest BCUT2D eigenvalue weighted by Gasteiger charge is -2.25. The van der Waals surface area contributed by atoms with Crippen molar-refractivity contribution < 1.29 is 9.90 Å². The summed E-state index contributed by atoms with van der Waals surface area (Å²) in [4.78, 5) is 13.7. The predicted molar refractivity (Wildman–Crippen MR) is 66.8 cm³/mol. The second-order valence-corrected chi connectivity index (χ2v) is 5.29. The van der Waals surface area contributed by atoms with Gasteiger partial charge in [-0.05, 0) is 31.4 Å². The molecule has 0 aliphatic heterocycles. The fraction of sp³-hybridized carbons (Fsp3) is 0.583. The van der Waals surface area contributed by atoms with Crippen LogP contribution in [0.5, 0.6) is 0 Å². The summed E-state index contributed by atoms with van der Waals surface area (Å²) in [7, 11) is 0. The summed E-state index contributed by atoms with van der Waals surface area (Å²) in [6.07, 6.45) is 2.11. The molecule has 0 amide bonds. The third-order valence-corrected chi connectivity index (χ3v) is 4.33. The summed E-state index contributed by atoms with van der Waals surface area (Å²) in [5.74, 6) is -0.788. The first-order valence-electron chi connectivity index (χ1n) is 5.59. The van der Waals surface area contributed by atoms with Gasteiger partial charge in [0.15, 0.2) is 0 Å². The van der Waals surface area contributed by atoms with E-state index in [1.165, 1.54) is 4.88 Å². The van der Waals surface area contributed by atoms with Gasteiger partial charge < -0.3 is 10.8 Å². The Balaban J connectivity index is 2.87. The van der Waals surface area contributed by atoms with Gasteiger partial charge in [0.1, 0.15) is 0 Å². The number of nitrogens with two attached hydrogens (primary N) is 1. The third kappa shape index (κ3) is 2.62. The fourth-order valence-corrected chi connectivity index (χ4v) is 2.80. The van der Waals surface area contributed by atoms with Crippen LogP contribution in [0.25, 0.3) is 0 Å². The average Bonchev–Trinajstić information content (AvgIpc) is 2.73. The number of aliphatic carboxylic acids is 1. The molecule has 3 N–H and O–H groups in total. The van der Waals surface area contributed by atoms with Gasteiger partial charge >= 0.3 is 5.97 Å². The Labute approximate surface area is 100 Å². The molecule has 0 bridgehead atoms. The molecular formula is C12H19NO2S. The summed E-state index contributed by atoms with van der Waals surface area (Å²) in [5, 5.41) is 9.27. The molecule has 1 heterocycles. The molecule has 0 radical (unpaired) electrons. The summed E-state index contributed by atoms with van der Waals surface area (Å²) in [6.45, 7) is 4.18. The van der Waals surface area contributed by atoms with E-state index < -0.39 is 11.4 Å². The predicted octanol–water partition coefficient (Wildman–Crippen LogP) is 2.29. The Morgan fingerprint density at radius 2 is 2.06 bits per heavy atom. The molecule has 90 valence electrons. The maximum absolute atomic E-state index is 11.3.